The van der Waals surface area contributed by atoms with E-state index in [-0.39, 0.29) is 17.2 Å². The summed E-state index contributed by atoms with van der Waals surface area (Å²) in [6, 6.07) is 6.49. The van der Waals surface area contributed by atoms with Crippen LogP contribution in [0.3, 0.4) is 0 Å². The molecular formula is C16H20N2O4S. The van der Waals surface area contributed by atoms with Crippen molar-refractivity contribution in [2.24, 2.45) is 11.8 Å². The van der Waals surface area contributed by atoms with Crippen LogP contribution in [0.4, 0.5) is 0 Å². The molecule has 2 fully saturated rings. The van der Waals surface area contributed by atoms with Gasteiger partial charge in [-0.25, -0.2) is 13.1 Å². The van der Waals surface area contributed by atoms with E-state index in [0.29, 0.717) is 24.6 Å². The zero-order chi connectivity index (χ0) is 16.6. The molecule has 3 rings (SSSR count). The molecule has 6 nitrogen and oxygen atoms in total. The van der Waals surface area contributed by atoms with Crippen molar-refractivity contribution in [3.63, 3.8) is 0 Å². The summed E-state index contributed by atoms with van der Waals surface area (Å²) in [7, 11) is -3.90. The highest BCUT2D eigenvalue weighted by molar-refractivity contribution is 7.90. The minimum absolute atomic E-state index is 0.0645. The Bertz CT molecular complexity index is 740. The first kappa shape index (κ1) is 16.0. The molecule has 1 N–H and O–H groups in total. The lowest BCUT2D eigenvalue weighted by Gasteiger charge is -2.16. The van der Waals surface area contributed by atoms with Crippen molar-refractivity contribution in [3.8, 4) is 0 Å². The molecule has 124 valence electrons. The number of nitrogens with one attached hydrogen (secondary N) is 1. The van der Waals surface area contributed by atoms with Gasteiger partial charge in [-0.05, 0) is 37.3 Å². The lowest BCUT2D eigenvalue weighted by Crippen LogP contribution is -2.37. The van der Waals surface area contributed by atoms with Crippen LogP contribution in [0.5, 0.6) is 0 Å². The van der Waals surface area contributed by atoms with Gasteiger partial charge in [-0.3, -0.25) is 9.59 Å². The molecule has 1 unspecified atom stereocenters. The molecule has 1 saturated heterocycles. The molecule has 0 bridgehead atoms. The van der Waals surface area contributed by atoms with Gasteiger partial charge in [0.15, 0.2) is 0 Å². The first-order valence-electron chi connectivity index (χ1n) is 7.77. The third kappa shape index (κ3) is 3.55. The van der Waals surface area contributed by atoms with Gasteiger partial charge in [0.05, 0.1) is 10.8 Å². The van der Waals surface area contributed by atoms with E-state index in [0.717, 1.165) is 12.8 Å². The fraction of sp³-hybridized carbons (Fsp3) is 0.500. The third-order valence-corrected chi connectivity index (χ3v) is 5.89. The van der Waals surface area contributed by atoms with Crippen LogP contribution in [0.1, 0.15) is 24.8 Å². The number of likely N-dealkylation sites (tertiary alicyclic amines) is 1. The molecule has 1 aromatic carbocycles. The first-order chi connectivity index (χ1) is 10.9. The van der Waals surface area contributed by atoms with E-state index in [1.54, 1.807) is 30.0 Å². The molecule has 1 atom stereocenters. The van der Waals surface area contributed by atoms with Gasteiger partial charge < -0.3 is 4.90 Å². The van der Waals surface area contributed by atoms with Gasteiger partial charge in [-0.1, -0.05) is 18.2 Å². The zero-order valence-corrected chi connectivity index (χ0v) is 13.8. The summed E-state index contributed by atoms with van der Waals surface area (Å²) in [5.74, 6) is -0.707. The van der Waals surface area contributed by atoms with Crippen LogP contribution in [-0.4, -0.2) is 38.2 Å². The summed E-state index contributed by atoms with van der Waals surface area (Å²) in [6.07, 6.45) is 2.34. The zero-order valence-electron chi connectivity index (χ0n) is 13.0. The maximum Gasteiger partial charge on any atom is 0.264 e. The maximum absolute atomic E-state index is 12.3. The van der Waals surface area contributed by atoms with E-state index < -0.39 is 21.8 Å². The SMILES string of the molecule is Cc1ccccc1S(=O)(=O)NC(=O)C1CC(=O)N(CC2CC2)C1. The molecule has 1 aliphatic heterocycles. The van der Waals surface area contributed by atoms with E-state index >= 15 is 0 Å². The van der Waals surface area contributed by atoms with Gasteiger partial charge in [-0.15, -0.1) is 0 Å². The molecular weight excluding hydrogens is 316 g/mol. The fourth-order valence-corrected chi connectivity index (χ4v) is 4.16. The molecule has 2 aliphatic rings. The molecule has 7 heteroatoms. The molecule has 1 saturated carbocycles. The number of benzene rings is 1. The summed E-state index contributed by atoms with van der Waals surface area (Å²) >= 11 is 0. The van der Waals surface area contributed by atoms with Crippen molar-refractivity contribution in [2.45, 2.75) is 31.1 Å². The largest absolute Gasteiger partial charge is 0.342 e. The summed E-state index contributed by atoms with van der Waals surface area (Å²) in [6.45, 7) is 2.67. The van der Waals surface area contributed by atoms with Crippen molar-refractivity contribution in [1.29, 1.82) is 0 Å². The second-order valence-corrected chi connectivity index (χ2v) is 8.03. The summed E-state index contributed by atoms with van der Waals surface area (Å²) in [5.41, 5.74) is 0.575. The van der Waals surface area contributed by atoms with Crippen LogP contribution in [0.15, 0.2) is 29.2 Å². The van der Waals surface area contributed by atoms with Gasteiger partial charge in [0.1, 0.15) is 0 Å². The van der Waals surface area contributed by atoms with Crippen LogP contribution in [-0.2, 0) is 19.6 Å². The molecule has 1 heterocycles. The van der Waals surface area contributed by atoms with E-state index in [9.17, 15) is 18.0 Å². The highest BCUT2D eigenvalue weighted by Crippen LogP contribution is 2.32. The van der Waals surface area contributed by atoms with Gasteiger partial charge in [-0.2, -0.15) is 0 Å². The quantitative estimate of drug-likeness (QED) is 0.871. The molecule has 23 heavy (non-hydrogen) atoms. The van der Waals surface area contributed by atoms with Crippen LogP contribution in [0, 0.1) is 18.8 Å². The number of amides is 2. The minimum Gasteiger partial charge on any atom is -0.342 e. The Morgan fingerprint density at radius 3 is 2.65 bits per heavy atom. The normalized spacial score (nSPS) is 21.5. The van der Waals surface area contributed by atoms with Crippen LogP contribution in [0.2, 0.25) is 0 Å². The molecule has 0 aromatic heterocycles. The fourth-order valence-electron chi connectivity index (χ4n) is 2.87. The molecule has 0 spiro atoms. The number of hydrogen-bond donors (Lipinski definition) is 1. The Hall–Kier alpha value is -1.89. The highest BCUT2D eigenvalue weighted by atomic mass is 32.2. The van der Waals surface area contributed by atoms with Crippen molar-refractivity contribution in [1.82, 2.24) is 9.62 Å². The number of aryl methyl sites for hydroxylation is 1. The second-order valence-electron chi connectivity index (χ2n) is 6.38. The average molecular weight is 336 g/mol. The molecule has 1 aliphatic carbocycles. The Labute approximate surface area is 135 Å². The number of hydrogen-bond acceptors (Lipinski definition) is 4. The molecule has 0 radical (unpaired) electrons. The first-order valence-corrected chi connectivity index (χ1v) is 9.25. The Balaban J connectivity index is 1.67. The van der Waals surface area contributed by atoms with Crippen molar-refractivity contribution >= 4 is 21.8 Å². The Morgan fingerprint density at radius 1 is 1.30 bits per heavy atom. The summed E-state index contributed by atoms with van der Waals surface area (Å²) < 4.78 is 26.8. The van der Waals surface area contributed by atoms with E-state index in [4.69, 9.17) is 0 Å². The number of carbonyl (C=O) groups excluding carboxylic acids is 2. The van der Waals surface area contributed by atoms with Gasteiger partial charge >= 0.3 is 0 Å². The van der Waals surface area contributed by atoms with E-state index in [2.05, 4.69) is 4.72 Å². The van der Waals surface area contributed by atoms with Crippen molar-refractivity contribution < 1.29 is 18.0 Å². The standard InChI is InChI=1S/C16H20N2O4S/c1-11-4-2-3-5-14(11)23(21,22)17-16(20)13-8-15(19)18(10-13)9-12-6-7-12/h2-5,12-13H,6-10H2,1H3,(H,17,20). The summed E-state index contributed by atoms with van der Waals surface area (Å²) in [5, 5.41) is 0. The van der Waals surface area contributed by atoms with E-state index in [1.807, 2.05) is 0 Å². The number of nitrogens with zero attached hydrogens (tertiary/aromatic N) is 1. The van der Waals surface area contributed by atoms with Crippen molar-refractivity contribution in [3.05, 3.63) is 29.8 Å². The third-order valence-electron chi connectivity index (χ3n) is 4.38. The minimum atomic E-state index is -3.90. The van der Waals surface area contributed by atoms with Gasteiger partial charge in [0, 0.05) is 19.5 Å². The average Bonchev–Trinajstić information content (AvgIpc) is 3.21. The number of sulfonamides is 1. The topological polar surface area (TPSA) is 83.5 Å². The van der Waals surface area contributed by atoms with Crippen LogP contribution < -0.4 is 4.72 Å². The van der Waals surface area contributed by atoms with Crippen LogP contribution in [0.25, 0.3) is 0 Å². The molecule has 1 aromatic rings. The summed E-state index contributed by atoms with van der Waals surface area (Å²) in [4.78, 5) is 26.0. The van der Waals surface area contributed by atoms with Gasteiger partial charge in [0.25, 0.3) is 10.0 Å². The monoisotopic (exact) mass is 336 g/mol. The highest BCUT2D eigenvalue weighted by Gasteiger charge is 2.38. The maximum atomic E-state index is 12.3. The predicted octanol–water partition coefficient (Wildman–Crippen LogP) is 1.06. The predicted molar refractivity (Wildman–Crippen MR) is 83.9 cm³/mol. The van der Waals surface area contributed by atoms with Gasteiger partial charge in [0.2, 0.25) is 11.8 Å². The number of carbonyl (C=O) groups is 2. The molecule has 2 amide bonds. The van der Waals surface area contributed by atoms with E-state index in [1.165, 1.54) is 6.07 Å². The lowest BCUT2D eigenvalue weighted by molar-refractivity contribution is -0.128. The van der Waals surface area contributed by atoms with Crippen molar-refractivity contribution in [2.75, 3.05) is 13.1 Å². The Kier molecular flexibility index (Phi) is 4.14. The second kappa shape index (κ2) is 5.96. The number of rotatable bonds is 5. The smallest absolute Gasteiger partial charge is 0.264 e. The van der Waals surface area contributed by atoms with Crippen LogP contribution >= 0.6 is 0 Å². The Morgan fingerprint density at radius 2 is 2.00 bits per heavy atom. The lowest BCUT2D eigenvalue weighted by atomic mass is 10.1.